The summed E-state index contributed by atoms with van der Waals surface area (Å²) in [5, 5.41) is 12.3. The minimum atomic E-state index is -0.0558. The molecule has 1 aliphatic rings. The van der Waals surface area contributed by atoms with E-state index in [0.29, 0.717) is 30.3 Å². The maximum absolute atomic E-state index is 12.3. The summed E-state index contributed by atoms with van der Waals surface area (Å²) < 4.78 is 10.8. The number of carbonyl (C=O) groups is 1. The SMILES string of the molecule is C=C/C=C(/OC)C(=C)NC1CCN(C(=O)COc2ccc(CO)cc2)C1. The van der Waals surface area contributed by atoms with Crippen LogP contribution in [-0.4, -0.2) is 48.8 Å². The topological polar surface area (TPSA) is 71.0 Å². The van der Waals surface area contributed by atoms with Crippen LogP contribution >= 0.6 is 0 Å². The second-order valence-electron chi connectivity index (χ2n) is 6.01. The average Bonchev–Trinajstić information content (AvgIpc) is 3.13. The predicted octanol–water partition coefficient (Wildman–Crippen LogP) is 1.98. The molecule has 1 aliphatic heterocycles. The number of likely N-dealkylation sites (tertiary alicyclic amines) is 1. The number of aliphatic hydroxyl groups is 1. The number of hydrogen-bond acceptors (Lipinski definition) is 5. The van der Waals surface area contributed by atoms with Gasteiger partial charge in [0, 0.05) is 19.1 Å². The largest absolute Gasteiger partial charge is 0.495 e. The molecule has 0 bridgehead atoms. The third-order valence-electron chi connectivity index (χ3n) is 4.17. The first-order valence-electron chi connectivity index (χ1n) is 8.50. The number of aliphatic hydroxyl groups excluding tert-OH is 1. The Balaban J connectivity index is 1.79. The Kier molecular flexibility index (Phi) is 7.29. The summed E-state index contributed by atoms with van der Waals surface area (Å²) in [5.41, 5.74) is 1.48. The summed E-state index contributed by atoms with van der Waals surface area (Å²) in [5.74, 6) is 1.18. The fourth-order valence-electron chi connectivity index (χ4n) is 2.75. The van der Waals surface area contributed by atoms with Crippen LogP contribution in [0.5, 0.6) is 5.75 Å². The van der Waals surface area contributed by atoms with E-state index in [4.69, 9.17) is 14.6 Å². The van der Waals surface area contributed by atoms with Crippen molar-refractivity contribution in [3.63, 3.8) is 0 Å². The molecule has 1 aromatic rings. The highest BCUT2D eigenvalue weighted by Gasteiger charge is 2.27. The highest BCUT2D eigenvalue weighted by atomic mass is 16.5. The van der Waals surface area contributed by atoms with Crippen LogP contribution in [0.15, 0.2) is 61.0 Å². The Hall–Kier alpha value is -2.73. The van der Waals surface area contributed by atoms with Crippen molar-refractivity contribution in [1.29, 1.82) is 0 Å². The number of amides is 1. The van der Waals surface area contributed by atoms with E-state index in [1.54, 1.807) is 48.4 Å². The molecule has 140 valence electrons. The number of ether oxygens (including phenoxy) is 2. The quantitative estimate of drug-likeness (QED) is 0.522. The van der Waals surface area contributed by atoms with Gasteiger partial charge in [-0.1, -0.05) is 31.4 Å². The first-order chi connectivity index (χ1) is 12.6. The summed E-state index contributed by atoms with van der Waals surface area (Å²) in [6, 6.07) is 7.15. The molecule has 1 amide bonds. The van der Waals surface area contributed by atoms with Crippen LogP contribution in [0.1, 0.15) is 12.0 Å². The Morgan fingerprint density at radius 2 is 2.15 bits per heavy atom. The highest BCUT2D eigenvalue weighted by Crippen LogP contribution is 2.16. The molecule has 1 unspecified atom stereocenters. The Morgan fingerprint density at radius 3 is 2.77 bits per heavy atom. The van der Waals surface area contributed by atoms with Crippen LogP contribution in [0.3, 0.4) is 0 Å². The molecule has 1 atom stereocenters. The van der Waals surface area contributed by atoms with Crippen LogP contribution in [-0.2, 0) is 16.1 Å². The second-order valence-corrected chi connectivity index (χ2v) is 6.01. The molecule has 0 aliphatic carbocycles. The zero-order chi connectivity index (χ0) is 18.9. The van der Waals surface area contributed by atoms with Crippen molar-refractivity contribution >= 4 is 5.91 Å². The summed E-state index contributed by atoms with van der Waals surface area (Å²) in [6.45, 7) is 8.86. The minimum Gasteiger partial charge on any atom is -0.495 e. The third-order valence-corrected chi connectivity index (χ3v) is 4.17. The molecule has 1 saturated heterocycles. The summed E-state index contributed by atoms with van der Waals surface area (Å²) >= 11 is 0. The fraction of sp³-hybridized carbons (Fsp3) is 0.350. The Morgan fingerprint density at radius 1 is 1.42 bits per heavy atom. The van der Waals surface area contributed by atoms with Gasteiger partial charge in [-0.15, -0.1) is 0 Å². The fourth-order valence-corrected chi connectivity index (χ4v) is 2.75. The Labute approximate surface area is 154 Å². The molecule has 1 fully saturated rings. The molecule has 1 aromatic carbocycles. The summed E-state index contributed by atoms with van der Waals surface area (Å²) in [7, 11) is 1.58. The van der Waals surface area contributed by atoms with E-state index in [0.717, 1.165) is 12.0 Å². The monoisotopic (exact) mass is 358 g/mol. The molecule has 6 nitrogen and oxygen atoms in total. The van der Waals surface area contributed by atoms with Crippen LogP contribution < -0.4 is 10.1 Å². The summed E-state index contributed by atoms with van der Waals surface area (Å²) in [6.07, 6.45) is 4.21. The number of benzene rings is 1. The van der Waals surface area contributed by atoms with Gasteiger partial charge >= 0.3 is 0 Å². The van der Waals surface area contributed by atoms with Crippen LogP contribution in [0.2, 0.25) is 0 Å². The van der Waals surface area contributed by atoms with E-state index in [2.05, 4.69) is 18.5 Å². The van der Waals surface area contributed by atoms with Crippen molar-refractivity contribution in [3.05, 3.63) is 66.6 Å². The molecule has 0 saturated carbocycles. The predicted molar refractivity (Wildman–Crippen MR) is 100 cm³/mol. The van der Waals surface area contributed by atoms with E-state index in [-0.39, 0.29) is 25.2 Å². The van der Waals surface area contributed by atoms with Crippen molar-refractivity contribution in [1.82, 2.24) is 10.2 Å². The third kappa shape index (κ3) is 5.39. The molecule has 2 rings (SSSR count). The van der Waals surface area contributed by atoms with Crippen LogP contribution in [0, 0.1) is 0 Å². The average molecular weight is 358 g/mol. The van der Waals surface area contributed by atoms with Crippen molar-refractivity contribution in [2.75, 3.05) is 26.8 Å². The van der Waals surface area contributed by atoms with Gasteiger partial charge in [0.25, 0.3) is 5.91 Å². The number of methoxy groups -OCH3 is 1. The van der Waals surface area contributed by atoms with Gasteiger partial charge in [-0.2, -0.15) is 0 Å². The zero-order valence-corrected chi connectivity index (χ0v) is 15.1. The number of rotatable bonds is 9. The molecule has 0 aromatic heterocycles. The number of carbonyl (C=O) groups excluding carboxylic acids is 1. The van der Waals surface area contributed by atoms with E-state index in [9.17, 15) is 4.79 Å². The maximum atomic E-state index is 12.3. The Bertz CT molecular complexity index is 667. The van der Waals surface area contributed by atoms with Gasteiger partial charge < -0.3 is 24.8 Å². The highest BCUT2D eigenvalue weighted by molar-refractivity contribution is 5.78. The van der Waals surface area contributed by atoms with Gasteiger partial charge in [0.1, 0.15) is 11.5 Å². The van der Waals surface area contributed by atoms with Gasteiger partial charge in [0.05, 0.1) is 19.4 Å². The van der Waals surface area contributed by atoms with Crippen LogP contribution in [0.25, 0.3) is 0 Å². The van der Waals surface area contributed by atoms with Crippen molar-refractivity contribution in [3.8, 4) is 5.75 Å². The number of hydrogen-bond donors (Lipinski definition) is 2. The van der Waals surface area contributed by atoms with Crippen LogP contribution in [0.4, 0.5) is 0 Å². The molecule has 1 heterocycles. The minimum absolute atomic E-state index is 0.00811. The van der Waals surface area contributed by atoms with Gasteiger partial charge in [-0.25, -0.2) is 0 Å². The summed E-state index contributed by atoms with van der Waals surface area (Å²) in [4.78, 5) is 14.1. The van der Waals surface area contributed by atoms with Gasteiger partial charge in [-0.3, -0.25) is 4.79 Å². The van der Waals surface area contributed by atoms with Gasteiger partial charge in [-0.05, 0) is 30.2 Å². The van der Waals surface area contributed by atoms with Crippen molar-refractivity contribution in [2.45, 2.75) is 19.1 Å². The standard InChI is InChI=1S/C20H26N2O4/c1-4-5-19(25-3)15(2)21-17-10-11-22(12-17)20(24)14-26-18-8-6-16(13-23)7-9-18/h4-9,17,21,23H,1-2,10-14H2,3H3/b19-5+. The first-order valence-corrected chi connectivity index (χ1v) is 8.50. The van der Waals surface area contributed by atoms with Gasteiger partial charge in [0.15, 0.2) is 6.61 Å². The maximum Gasteiger partial charge on any atom is 0.260 e. The van der Waals surface area contributed by atoms with E-state index >= 15 is 0 Å². The molecular formula is C20H26N2O4. The molecule has 6 heteroatoms. The normalized spacial score (nSPS) is 16.9. The lowest BCUT2D eigenvalue weighted by atomic mass is 10.2. The first kappa shape index (κ1) is 19.6. The lowest BCUT2D eigenvalue weighted by Gasteiger charge is -2.19. The van der Waals surface area contributed by atoms with Crippen molar-refractivity contribution < 1.29 is 19.4 Å². The molecule has 2 N–H and O–H groups in total. The lowest BCUT2D eigenvalue weighted by molar-refractivity contribution is -0.132. The van der Waals surface area contributed by atoms with E-state index < -0.39 is 0 Å². The molecule has 26 heavy (non-hydrogen) atoms. The molecule has 0 radical (unpaired) electrons. The smallest absolute Gasteiger partial charge is 0.260 e. The van der Waals surface area contributed by atoms with E-state index in [1.807, 2.05) is 0 Å². The van der Waals surface area contributed by atoms with Gasteiger partial charge in [0.2, 0.25) is 0 Å². The number of nitrogens with one attached hydrogen (secondary N) is 1. The lowest BCUT2D eigenvalue weighted by Crippen LogP contribution is -2.37. The number of nitrogens with zero attached hydrogens (tertiary/aromatic N) is 1. The zero-order valence-electron chi connectivity index (χ0n) is 15.1. The number of allylic oxidation sites excluding steroid dienone is 2. The van der Waals surface area contributed by atoms with Crippen molar-refractivity contribution in [2.24, 2.45) is 0 Å². The molecule has 0 spiro atoms. The molecular weight excluding hydrogens is 332 g/mol. The second kappa shape index (κ2) is 9.68. The van der Waals surface area contributed by atoms with E-state index in [1.165, 1.54) is 0 Å².